The quantitative estimate of drug-likeness (QED) is 0.690. The lowest BCUT2D eigenvalue weighted by molar-refractivity contribution is 0.182. The van der Waals surface area contributed by atoms with Crippen molar-refractivity contribution < 1.29 is 9.18 Å². The summed E-state index contributed by atoms with van der Waals surface area (Å²) in [6, 6.07) is 6.74. The molecule has 0 aliphatic rings. The van der Waals surface area contributed by atoms with Crippen molar-refractivity contribution in [3.8, 4) is 0 Å². The number of rotatable bonds is 9. The minimum absolute atomic E-state index is 0.0634. The Morgan fingerprint density at radius 2 is 1.79 bits per heavy atom. The van der Waals surface area contributed by atoms with Crippen LogP contribution in [0.5, 0.6) is 0 Å². The lowest BCUT2D eigenvalue weighted by Crippen LogP contribution is -2.41. The smallest absolute Gasteiger partial charge is 0.317 e. The highest BCUT2D eigenvalue weighted by atomic mass is 19.1. The van der Waals surface area contributed by atoms with Crippen molar-refractivity contribution >= 4 is 6.03 Å². The molecule has 0 aliphatic heterocycles. The Morgan fingerprint density at radius 3 is 2.33 bits per heavy atom. The van der Waals surface area contributed by atoms with Crippen LogP contribution >= 0.6 is 0 Å². The lowest BCUT2D eigenvalue weighted by Gasteiger charge is -2.28. The fourth-order valence-electron chi connectivity index (χ4n) is 2.56. The number of carbonyl (C=O) groups excluding carboxylic acids is 1. The molecule has 4 nitrogen and oxygen atoms in total. The highest BCUT2D eigenvalue weighted by Crippen LogP contribution is 2.20. The molecule has 1 unspecified atom stereocenters. The Morgan fingerprint density at radius 1 is 1.17 bits per heavy atom. The molecule has 0 aromatic heterocycles. The number of unbranched alkanes of at least 4 members (excludes halogenated alkanes) is 1. The Hall–Kier alpha value is -1.62. The van der Waals surface area contributed by atoms with E-state index in [4.69, 9.17) is 0 Å². The second-order valence-electron chi connectivity index (χ2n) is 6.53. The van der Waals surface area contributed by atoms with Gasteiger partial charge in [-0.25, -0.2) is 9.18 Å². The van der Waals surface area contributed by atoms with Crippen molar-refractivity contribution in [1.29, 1.82) is 0 Å². The highest BCUT2D eigenvalue weighted by molar-refractivity contribution is 5.74. The first kappa shape index (κ1) is 20.4. The summed E-state index contributed by atoms with van der Waals surface area (Å²) in [7, 11) is 2.12. The number of hydrogen-bond acceptors (Lipinski definition) is 2. The summed E-state index contributed by atoms with van der Waals surface area (Å²) >= 11 is 0. The third-order valence-electron chi connectivity index (χ3n) is 4.52. The van der Waals surface area contributed by atoms with E-state index in [1.54, 1.807) is 17.0 Å². The van der Waals surface area contributed by atoms with Gasteiger partial charge in [0, 0.05) is 19.1 Å². The first-order valence-corrected chi connectivity index (χ1v) is 8.87. The maximum Gasteiger partial charge on any atom is 0.317 e. The standard InChI is InChI=1S/C19H32FN3O/c1-6-23(16(4)17-9-11-18(20)12-10-17)19(24)21-13-7-8-14-22(5)15(2)3/h9-12,15-16H,6-8,13-14H2,1-5H3,(H,21,24). The highest BCUT2D eigenvalue weighted by Gasteiger charge is 2.19. The third kappa shape index (κ3) is 6.48. The molecule has 1 aromatic carbocycles. The van der Waals surface area contributed by atoms with Gasteiger partial charge in [-0.1, -0.05) is 12.1 Å². The summed E-state index contributed by atoms with van der Waals surface area (Å²) in [5.74, 6) is -0.259. The largest absolute Gasteiger partial charge is 0.338 e. The van der Waals surface area contributed by atoms with Gasteiger partial charge in [0.25, 0.3) is 0 Å². The lowest BCUT2D eigenvalue weighted by atomic mass is 10.1. The molecule has 1 rings (SSSR count). The van der Waals surface area contributed by atoms with Gasteiger partial charge in [-0.2, -0.15) is 0 Å². The maximum atomic E-state index is 13.0. The van der Waals surface area contributed by atoms with Gasteiger partial charge in [0.2, 0.25) is 0 Å². The average molecular weight is 337 g/mol. The molecule has 0 bridgehead atoms. The summed E-state index contributed by atoms with van der Waals surface area (Å²) in [5.41, 5.74) is 0.937. The van der Waals surface area contributed by atoms with E-state index in [9.17, 15) is 9.18 Å². The van der Waals surface area contributed by atoms with E-state index in [1.807, 2.05) is 13.8 Å². The van der Waals surface area contributed by atoms with Gasteiger partial charge in [-0.15, -0.1) is 0 Å². The van der Waals surface area contributed by atoms with Crippen LogP contribution in [0.15, 0.2) is 24.3 Å². The summed E-state index contributed by atoms with van der Waals surface area (Å²) in [4.78, 5) is 16.5. The molecule has 1 N–H and O–H groups in total. The van der Waals surface area contributed by atoms with Crippen molar-refractivity contribution in [1.82, 2.24) is 15.1 Å². The van der Waals surface area contributed by atoms with E-state index >= 15 is 0 Å². The molecule has 0 saturated heterocycles. The predicted molar refractivity (Wildman–Crippen MR) is 97.6 cm³/mol. The van der Waals surface area contributed by atoms with E-state index in [2.05, 4.69) is 31.1 Å². The molecule has 5 heteroatoms. The molecule has 2 amide bonds. The van der Waals surface area contributed by atoms with Crippen molar-refractivity contribution in [3.05, 3.63) is 35.6 Å². The third-order valence-corrected chi connectivity index (χ3v) is 4.52. The van der Waals surface area contributed by atoms with Gasteiger partial charge in [0.15, 0.2) is 0 Å². The molecule has 0 aliphatic carbocycles. The molecule has 0 saturated carbocycles. The average Bonchev–Trinajstić information content (AvgIpc) is 2.55. The van der Waals surface area contributed by atoms with Crippen molar-refractivity contribution in [2.24, 2.45) is 0 Å². The summed E-state index contributed by atoms with van der Waals surface area (Å²) < 4.78 is 13.0. The number of halogens is 1. The maximum absolute atomic E-state index is 13.0. The molecule has 0 radical (unpaired) electrons. The molecule has 0 fully saturated rings. The number of urea groups is 1. The van der Waals surface area contributed by atoms with E-state index in [1.165, 1.54) is 12.1 Å². The van der Waals surface area contributed by atoms with Crippen LogP contribution in [0.3, 0.4) is 0 Å². The monoisotopic (exact) mass is 337 g/mol. The fraction of sp³-hybridized carbons (Fsp3) is 0.632. The molecule has 0 heterocycles. The van der Waals surface area contributed by atoms with Crippen LogP contribution < -0.4 is 5.32 Å². The van der Waals surface area contributed by atoms with Gasteiger partial charge < -0.3 is 15.1 Å². The zero-order chi connectivity index (χ0) is 18.1. The normalized spacial score (nSPS) is 12.5. The Kier molecular flexibility index (Phi) is 8.76. The van der Waals surface area contributed by atoms with Crippen LogP contribution in [-0.4, -0.2) is 48.6 Å². The number of hydrogen-bond donors (Lipinski definition) is 1. The van der Waals surface area contributed by atoms with Crippen molar-refractivity contribution in [3.63, 3.8) is 0 Å². The number of carbonyl (C=O) groups is 1. The zero-order valence-corrected chi connectivity index (χ0v) is 15.7. The molecule has 1 atom stereocenters. The summed E-state index contributed by atoms with van der Waals surface area (Å²) in [6.45, 7) is 10.6. The predicted octanol–water partition coefficient (Wildman–Crippen LogP) is 4.04. The second-order valence-corrected chi connectivity index (χ2v) is 6.53. The van der Waals surface area contributed by atoms with E-state index in [-0.39, 0.29) is 17.9 Å². The molecule has 0 spiro atoms. The van der Waals surface area contributed by atoms with Crippen LogP contribution in [0, 0.1) is 5.82 Å². The van der Waals surface area contributed by atoms with Gasteiger partial charge in [0.1, 0.15) is 5.82 Å². The van der Waals surface area contributed by atoms with E-state index < -0.39 is 0 Å². The van der Waals surface area contributed by atoms with Gasteiger partial charge in [-0.3, -0.25) is 0 Å². The topological polar surface area (TPSA) is 35.6 Å². The molecule has 24 heavy (non-hydrogen) atoms. The van der Waals surface area contributed by atoms with Gasteiger partial charge in [-0.05, 0) is 71.8 Å². The van der Waals surface area contributed by atoms with E-state index in [0.717, 1.165) is 24.9 Å². The number of nitrogens with one attached hydrogen (secondary N) is 1. The number of amides is 2. The Labute approximate surface area is 146 Å². The minimum atomic E-state index is -0.259. The number of benzene rings is 1. The molecular weight excluding hydrogens is 305 g/mol. The molecular formula is C19H32FN3O. The van der Waals surface area contributed by atoms with Crippen molar-refractivity contribution in [2.75, 3.05) is 26.7 Å². The van der Waals surface area contributed by atoms with Crippen molar-refractivity contribution in [2.45, 2.75) is 52.6 Å². The van der Waals surface area contributed by atoms with Crippen LogP contribution in [0.4, 0.5) is 9.18 Å². The van der Waals surface area contributed by atoms with Gasteiger partial charge >= 0.3 is 6.03 Å². The van der Waals surface area contributed by atoms with Crippen LogP contribution in [0.25, 0.3) is 0 Å². The van der Waals surface area contributed by atoms with Crippen LogP contribution in [-0.2, 0) is 0 Å². The van der Waals surface area contributed by atoms with Crippen LogP contribution in [0.2, 0.25) is 0 Å². The fourth-order valence-corrected chi connectivity index (χ4v) is 2.56. The molecule has 1 aromatic rings. The summed E-state index contributed by atoms with van der Waals surface area (Å²) in [6.07, 6.45) is 2.03. The molecule has 136 valence electrons. The van der Waals surface area contributed by atoms with Gasteiger partial charge in [0.05, 0.1) is 6.04 Å². The Bertz CT molecular complexity index is 490. The SMILES string of the molecule is CCN(C(=O)NCCCCN(C)C(C)C)C(C)c1ccc(F)cc1. The number of nitrogens with zero attached hydrogens (tertiary/aromatic N) is 2. The first-order valence-electron chi connectivity index (χ1n) is 8.87. The van der Waals surface area contributed by atoms with E-state index in [0.29, 0.717) is 19.1 Å². The minimum Gasteiger partial charge on any atom is -0.338 e. The zero-order valence-electron chi connectivity index (χ0n) is 15.7. The second kappa shape index (κ2) is 10.3. The van der Waals surface area contributed by atoms with Crippen LogP contribution in [0.1, 0.15) is 52.1 Å². The first-order chi connectivity index (χ1) is 11.4. The Balaban J connectivity index is 2.42. The summed E-state index contributed by atoms with van der Waals surface area (Å²) in [5, 5.41) is 2.99.